The first-order valence-electron chi connectivity index (χ1n) is 8.66. The molecular formula is C20H24N4O3. The number of benzene rings is 2. The van der Waals surface area contributed by atoms with Crippen molar-refractivity contribution in [1.29, 1.82) is 0 Å². The van der Waals surface area contributed by atoms with Gasteiger partial charge in [0, 0.05) is 17.8 Å². The Balaban J connectivity index is 1.94. The van der Waals surface area contributed by atoms with Crippen LogP contribution in [0.25, 0.3) is 0 Å². The highest BCUT2D eigenvalue weighted by Gasteiger charge is 2.24. The molecule has 0 radical (unpaired) electrons. The first kappa shape index (κ1) is 20.0. The summed E-state index contributed by atoms with van der Waals surface area (Å²) in [4.78, 5) is 35.7. The monoisotopic (exact) mass is 368 g/mol. The van der Waals surface area contributed by atoms with Gasteiger partial charge in [0.2, 0.25) is 5.91 Å². The number of hydrogen-bond acceptors (Lipinski definition) is 3. The molecule has 7 heteroatoms. The Kier molecular flexibility index (Phi) is 6.93. The highest BCUT2D eigenvalue weighted by atomic mass is 16.2. The molecule has 0 spiro atoms. The second-order valence-electron chi connectivity index (χ2n) is 6.47. The Morgan fingerprint density at radius 1 is 0.963 bits per heavy atom. The van der Waals surface area contributed by atoms with Gasteiger partial charge < -0.3 is 21.7 Å². The fourth-order valence-corrected chi connectivity index (χ4v) is 2.50. The van der Waals surface area contributed by atoms with Crippen molar-refractivity contribution in [2.75, 3.05) is 5.32 Å². The maximum Gasteiger partial charge on any atom is 0.316 e. The largest absolute Gasteiger partial charge is 0.351 e. The highest BCUT2D eigenvalue weighted by Crippen LogP contribution is 2.10. The number of nitrogens with two attached hydrogens (primary N) is 1. The van der Waals surface area contributed by atoms with E-state index in [2.05, 4.69) is 16.0 Å². The normalized spacial score (nSPS) is 11.5. The fraction of sp³-hybridized carbons (Fsp3) is 0.250. The van der Waals surface area contributed by atoms with E-state index in [0.29, 0.717) is 17.8 Å². The van der Waals surface area contributed by atoms with Crippen LogP contribution in [0.5, 0.6) is 0 Å². The van der Waals surface area contributed by atoms with E-state index in [1.807, 2.05) is 19.9 Å². The lowest BCUT2D eigenvalue weighted by Gasteiger charge is -2.22. The van der Waals surface area contributed by atoms with E-state index in [1.165, 1.54) is 0 Å². The van der Waals surface area contributed by atoms with Crippen LogP contribution < -0.4 is 21.7 Å². The van der Waals surface area contributed by atoms with Crippen molar-refractivity contribution in [1.82, 2.24) is 10.6 Å². The Morgan fingerprint density at radius 2 is 1.59 bits per heavy atom. The van der Waals surface area contributed by atoms with E-state index in [1.54, 1.807) is 48.5 Å². The number of rotatable bonds is 7. The summed E-state index contributed by atoms with van der Waals surface area (Å²) in [6, 6.07) is 14.4. The lowest BCUT2D eigenvalue weighted by Crippen LogP contribution is -2.49. The first-order chi connectivity index (χ1) is 12.9. The molecule has 2 aromatic carbocycles. The van der Waals surface area contributed by atoms with Crippen LogP contribution in [0.4, 0.5) is 10.5 Å². The van der Waals surface area contributed by atoms with Crippen molar-refractivity contribution in [2.24, 2.45) is 11.7 Å². The molecule has 4 amide bonds. The number of urea groups is 1. The van der Waals surface area contributed by atoms with Gasteiger partial charge in [0.15, 0.2) is 0 Å². The molecule has 2 aromatic rings. The molecule has 0 aliphatic carbocycles. The van der Waals surface area contributed by atoms with Crippen molar-refractivity contribution in [3.63, 3.8) is 0 Å². The van der Waals surface area contributed by atoms with Gasteiger partial charge in [-0.05, 0) is 35.7 Å². The predicted octanol–water partition coefficient (Wildman–Crippen LogP) is 2.25. The molecule has 2 rings (SSSR count). The zero-order valence-corrected chi connectivity index (χ0v) is 15.4. The smallest absolute Gasteiger partial charge is 0.316 e. The van der Waals surface area contributed by atoms with Crippen LogP contribution >= 0.6 is 0 Å². The Bertz CT molecular complexity index is 789. The van der Waals surface area contributed by atoms with Gasteiger partial charge in [-0.15, -0.1) is 0 Å². The lowest BCUT2D eigenvalue weighted by molar-refractivity contribution is -0.124. The van der Waals surface area contributed by atoms with Gasteiger partial charge in [-0.1, -0.05) is 44.2 Å². The maximum atomic E-state index is 12.5. The number of amides is 4. The standard InChI is InChI=1S/C20H24N4O3/c1-13(2)17(24-18(25)15-6-4-3-5-7-15)19(26)22-12-14-8-10-16(11-9-14)23-20(21)27/h3-11,13,17H,12H2,1-2H3,(H,22,26)(H,24,25)(H3,21,23,27). The molecule has 7 nitrogen and oxygen atoms in total. The zero-order valence-electron chi connectivity index (χ0n) is 15.4. The third-order valence-electron chi connectivity index (χ3n) is 3.96. The molecule has 1 unspecified atom stereocenters. The van der Waals surface area contributed by atoms with Crippen LogP contribution in [0.3, 0.4) is 0 Å². The molecule has 0 saturated carbocycles. The molecule has 0 aromatic heterocycles. The van der Waals surface area contributed by atoms with E-state index in [9.17, 15) is 14.4 Å². The second-order valence-corrected chi connectivity index (χ2v) is 6.47. The minimum absolute atomic E-state index is 0.0696. The van der Waals surface area contributed by atoms with Crippen LogP contribution in [0.1, 0.15) is 29.8 Å². The molecule has 0 heterocycles. The zero-order chi connectivity index (χ0) is 19.8. The Labute approximate surface area is 158 Å². The molecule has 1 atom stereocenters. The summed E-state index contributed by atoms with van der Waals surface area (Å²) >= 11 is 0. The van der Waals surface area contributed by atoms with E-state index >= 15 is 0 Å². The fourth-order valence-electron chi connectivity index (χ4n) is 2.50. The number of primary amides is 1. The molecule has 0 aliphatic heterocycles. The second kappa shape index (κ2) is 9.38. The van der Waals surface area contributed by atoms with Crippen LogP contribution in [0.2, 0.25) is 0 Å². The third kappa shape index (κ3) is 6.14. The van der Waals surface area contributed by atoms with E-state index in [-0.39, 0.29) is 17.7 Å². The van der Waals surface area contributed by atoms with Gasteiger partial charge in [0.1, 0.15) is 6.04 Å². The molecule has 5 N–H and O–H groups in total. The van der Waals surface area contributed by atoms with Gasteiger partial charge in [0.05, 0.1) is 0 Å². The number of hydrogen-bond donors (Lipinski definition) is 4. The Morgan fingerprint density at radius 3 is 2.15 bits per heavy atom. The summed E-state index contributed by atoms with van der Waals surface area (Å²) in [5, 5.41) is 8.09. The average molecular weight is 368 g/mol. The number of carbonyl (C=O) groups is 3. The van der Waals surface area contributed by atoms with Crippen molar-refractivity contribution >= 4 is 23.5 Å². The van der Waals surface area contributed by atoms with Crippen LogP contribution in [0, 0.1) is 5.92 Å². The number of carbonyl (C=O) groups excluding carboxylic acids is 3. The van der Waals surface area contributed by atoms with E-state index in [0.717, 1.165) is 5.56 Å². The summed E-state index contributed by atoms with van der Waals surface area (Å²) in [5.41, 5.74) is 7.00. The van der Waals surface area contributed by atoms with Crippen LogP contribution in [-0.2, 0) is 11.3 Å². The minimum atomic E-state index is -0.645. The average Bonchev–Trinajstić information content (AvgIpc) is 2.65. The molecule has 0 saturated heterocycles. The summed E-state index contributed by atoms with van der Waals surface area (Å²) in [5.74, 6) is -0.611. The molecule has 0 aliphatic rings. The SMILES string of the molecule is CC(C)C(NC(=O)c1ccccc1)C(=O)NCc1ccc(NC(N)=O)cc1. The van der Waals surface area contributed by atoms with Crippen LogP contribution in [0.15, 0.2) is 54.6 Å². The molecule has 142 valence electrons. The van der Waals surface area contributed by atoms with E-state index < -0.39 is 12.1 Å². The van der Waals surface area contributed by atoms with Crippen molar-refractivity contribution in [3.8, 4) is 0 Å². The third-order valence-corrected chi connectivity index (χ3v) is 3.96. The number of nitrogens with one attached hydrogen (secondary N) is 3. The summed E-state index contributed by atoms with van der Waals surface area (Å²) in [6.45, 7) is 4.06. The molecule has 0 bridgehead atoms. The van der Waals surface area contributed by atoms with Crippen molar-refractivity contribution < 1.29 is 14.4 Å². The molecule has 0 fully saturated rings. The molecular weight excluding hydrogens is 344 g/mol. The van der Waals surface area contributed by atoms with Crippen molar-refractivity contribution in [2.45, 2.75) is 26.4 Å². The van der Waals surface area contributed by atoms with Gasteiger partial charge in [-0.3, -0.25) is 9.59 Å². The minimum Gasteiger partial charge on any atom is -0.351 e. The quantitative estimate of drug-likeness (QED) is 0.601. The van der Waals surface area contributed by atoms with Crippen LogP contribution in [-0.4, -0.2) is 23.9 Å². The highest BCUT2D eigenvalue weighted by molar-refractivity contribution is 5.97. The van der Waals surface area contributed by atoms with Gasteiger partial charge in [0.25, 0.3) is 5.91 Å². The van der Waals surface area contributed by atoms with Crippen molar-refractivity contribution in [3.05, 3.63) is 65.7 Å². The van der Waals surface area contributed by atoms with Gasteiger partial charge >= 0.3 is 6.03 Å². The maximum absolute atomic E-state index is 12.5. The number of anilines is 1. The van der Waals surface area contributed by atoms with Gasteiger partial charge in [-0.2, -0.15) is 0 Å². The summed E-state index contributed by atoms with van der Waals surface area (Å²) < 4.78 is 0. The summed E-state index contributed by atoms with van der Waals surface area (Å²) in [6.07, 6.45) is 0. The van der Waals surface area contributed by atoms with E-state index in [4.69, 9.17) is 5.73 Å². The predicted molar refractivity (Wildman–Crippen MR) is 104 cm³/mol. The molecule has 27 heavy (non-hydrogen) atoms. The first-order valence-corrected chi connectivity index (χ1v) is 8.66. The Hall–Kier alpha value is -3.35. The topological polar surface area (TPSA) is 113 Å². The lowest BCUT2D eigenvalue weighted by atomic mass is 10.0. The van der Waals surface area contributed by atoms with Gasteiger partial charge in [-0.25, -0.2) is 4.79 Å². The summed E-state index contributed by atoms with van der Waals surface area (Å²) in [7, 11) is 0.